The molecule has 0 aliphatic carbocycles. The molecule has 1 N–H and O–H groups in total. The summed E-state index contributed by atoms with van der Waals surface area (Å²) in [7, 11) is 0. The molecule has 23 heavy (non-hydrogen) atoms. The number of benzene rings is 1. The van der Waals surface area contributed by atoms with E-state index in [9.17, 15) is 5.11 Å². The standard InChI is InChI=1S/C19H26N2OS/c1-2-6-18-20-17(14-23-18)13-21-11-9-16(10-12-21)19(22)15-7-4-3-5-8-15/h3-5,7-8,14,16,19,22H,2,6,9-13H2,1H3. The second kappa shape index (κ2) is 8.04. The van der Waals surface area contributed by atoms with E-state index in [1.165, 1.54) is 10.7 Å². The summed E-state index contributed by atoms with van der Waals surface area (Å²) in [6.45, 7) is 5.25. The summed E-state index contributed by atoms with van der Waals surface area (Å²) in [5.74, 6) is 0.375. The summed E-state index contributed by atoms with van der Waals surface area (Å²) in [6, 6.07) is 10.1. The van der Waals surface area contributed by atoms with Crippen molar-refractivity contribution in [3.05, 3.63) is 52.0 Å². The van der Waals surface area contributed by atoms with Gasteiger partial charge < -0.3 is 5.11 Å². The van der Waals surface area contributed by atoms with Crippen molar-refractivity contribution in [3.8, 4) is 0 Å². The van der Waals surface area contributed by atoms with Crippen LogP contribution in [-0.2, 0) is 13.0 Å². The second-order valence-electron chi connectivity index (χ2n) is 6.45. The summed E-state index contributed by atoms with van der Waals surface area (Å²) < 4.78 is 0. The molecule has 1 fully saturated rings. The highest BCUT2D eigenvalue weighted by Crippen LogP contribution is 2.31. The van der Waals surface area contributed by atoms with E-state index in [1.54, 1.807) is 11.3 Å². The van der Waals surface area contributed by atoms with Crippen LogP contribution >= 0.6 is 11.3 Å². The fraction of sp³-hybridized carbons (Fsp3) is 0.526. The van der Waals surface area contributed by atoms with Crippen LogP contribution in [0.1, 0.15) is 48.6 Å². The van der Waals surface area contributed by atoms with Crippen LogP contribution in [0.25, 0.3) is 0 Å². The largest absolute Gasteiger partial charge is 0.388 e. The van der Waals surface area contributed by atoms with E-state index in [-0.39, 0.29) is 6.10 Å². The van der Waals surface area contributed by atoms with Crippen LogP contribution in [0.3, 0.4) is 0 Å². The number of likely N-dealkylation sites (tertiary alicyclic amines) is 1. The van der Waals surface area contributed by atoms with E-state index in [1.807, 2.05) is 30.3 Å². The first-order chi connectivity index (χ1) is 11.3. The molecular formula is C19H26N2OS. The molecule has 3 rings (SSSR count). The van der Waals surface area contributed by atoms with E-state index < -0.39 is 0 Å². The van der Waals surface area contributed by atoms with Gasteiger partial charge in [0.2, 0.25) is 0 Å². The predicted octanol–water partition coefficient (Wildman–Crippen LogP) is 4.04. The van der Waals surface area contributed by atoms with E-state index in [0.29, 0.717) is 5.92 Å². The molecule has 1 aromatic carbocycles. The Morgan fingerprint density at radius 3 is 2.70 bits per heavy atom. The van der Waals surface area contributed by atoms with Crippen LogP contribution in [0.5, 0.6) is 0 Å². The molecule has 1 saturated heterocycles. The number of rotatable bonds is 6. The van der Waals surface area contributed by atoms with Gasteiger partial charge in [0.15, 0.2) is 0 Å². The van der Waals surface area contributed by atoms with Crippen molar-refractivity contribution in [2.75, 3.05) is 13.1 Å². The van der Waals surface area contributed by atoms with Gasteiger partial charge in [-0.15, -0.1) is 11.3 Å². The highest BCUT2D eigenvalue weighted by molar-refractivity contribution is 7.09. The van der Waals surface area contributed by atoms with E-state index >= 15 is 0 Å². The third kappa shape index (κ3) is 4.40. The van der Waals surface area contributed by atoms with Gasteiger partial charge in [0.25, 0.3) is 0 Å². The predicted molar refractivity (Wildman–Crippen MR) is 95.5 cm³/mol. The Morgan fingerprint density at radius 2 is 2.00 bits per heavy atom. The van der Waals surface area contributed by atoms with Gasteiger partial charge in [0.1, 0.15) is 0 Å². The third-order valence-corrected chi connectivity index (χ3v) is 5.63. The normalized spacial score (nSPS) is 18.2. The van der Waals surface area contributed by atoms with Crippen LogP contribution in [-0.4, -0.2) is 28.1 Å². The Bertz CT molecular complexity index is 590. The fourth-order valence-corrected chi connectivity index (χ4v) is 4.22. The first-order valence-corrected chi connectivity index (χ1v) is 9.53. The number of aliphatic hydroxyl groups excluding tert-OH is 1. The molecule has 4 heteroatoms. The SMILES string of the molecule is CCCc1nc(CN2CCC(C(O)c3ccccc3)CC2)cs1. The Kier molecular flexibility index (Phi) is 5.81. The lowest BCUT2D eigenvalue weighted by Crippen LogP contribution is -2.35. The number of hydrogen-bond acceptors (Lipinski definition) is 4. The summed E-state index contributed by atoms with van der Waals surface area (Å²) in [6.07, 6.45) is 4.05. The molecule has 0 bridgehead atoms. The maximum atomic E-state index is 10.6. The molecule has 3 nitrogen and oxygen atoms in total. The molecule has 0 spiro atoms. The number of thiazole rings is 1. The zero-order valence-corrected chi connectivity index (χ0v) is 14.6. The van der Waals surface area contributed by atoms with Crippen molar-refractivity contribution in [1.82, 2.24) is 9.88 Å². The number of aryl methyl sites for hydroxylation is 1. The fourth-order valence-electron chi connectivity index (χ4n) is 3.33. The minimum Gasteiger partial charge on any atom is -0.388 e. The Morgan fingerprint density at radius 1 is 1.26 bits per heavy atom. The molecule has 0 saturated carbocycles. The summed E-state index contributed by atoms with van der Waals surface area (Å²) in [4.78, 5) is 7.19. The zero-order chi connectivity index (χ0) is 16.1. The highest BCUT2D eigenvalue weighted by atomic mass is 32.1. The molecule has 124 valence electrons. The molecule has 1 aliphatic heterocycles. The zero-order valence-electron chi connectivity index (χ0n) is 13.8. The van der Waals surface area contributed by atoms with E-state index in [0.717, 1.165) is 50.9 Å². The van der Waals surface area contributed by atoms with Crippen molar-refractivity contribution >= 4 is 11.3 Å². The van der Waals surface area contributed by atoms with Crippen LogP contribution < -0.4 is 0 Å². The van der Waals surface area contributed by atoms with Crippen molar-refractivity contribution < 1.29 is 5.11 Å². The average molecular weight is 330 g/mol. The number of hydrogen-bond donors (Lipinski definition) is 1. The number of piperidine rings is 1. The first-order valence-electron chi connectivity index (χ1n) is 8.65. The van der Waals surface area contributed by atoms with Crippen LogP contribution in [0.15, 0.2) is 35.7 Å². The highest BCUT2D eigenvalue weighted by Gasteiger charge is 2.26. The monoisotopic (exact) mass is 330 g/mol. The minimum absolute atomic E-state index is 0.325. The average Bonchev–Trinajstić information content (AvgIpc) is 3.03. The third-order valence-electron chi connectivity index (χ3n) is 4.67. The first kappa shape index (κ1) is 16.6. The van der Waals surface area contributed by atoms with Crippen molar-refractivity contribution in [3.63, 3.8) is 0 Å². The van der Waals surface area contributed by atoms with Gasteiger partial charge >= 0.3 is 0 Å². The lowest BCUT2D eigenvalue weighted by molar-refractivity contribution is 0.0565. The molecule has 0 amide bonds. The maximum absolute atomic E-state index is 10.6. The lowest BCUT2D eigenvalue weighted by Gasteiger charge is -2.34. The van der Waals surface area contributed by atoms with Gasteiger partial charge in [-0.05, 0) is 50.3 Å². The summed E-state index contributed by atoms with van der Waals surface area (Å²) in [5.41, 5.74) is 2.26. The van der Waals surface area contributed by atoms with E-state index in [4.69, 9.17) is 4.98 Å². The molecular weight excluding hydrogens is 304 g/mol. The Hall–Kier alpha value is -1.23. The summed E-state index contributed by atoms with van der Waals surface area (Å²) in [5, 5.41) is 14.0. The Labute approximate surface area is 143 Å². The molecule has 1 atom stereocenters. The molecule has 1 aliphatic rings. The molecule has 1 aromatic heterocycles. The van der Waals surface area contributed by atoms with Gasteiger partial charge in [0, 0.05) is 11.9 Å². The number of aromatic nitrogens is 1. The van der Waals surface area contributed by atoms with Crippen molar-refractivity contribution in [2.24, 2.45) is 5.92 Å². The Balaban J connectivity index is 1.50. The van der Waals surface area contributed by atoms with Gasteiger partial charge in [-0.2, -0.15) is 0 Å². The van der Waals surface area contributed by atoms with Crippen LogP contribution in [0.2, 0.25) is 0 Å². The van der Waals surface area contributed by atoms with Gasteiger partial charge in [0.05, 0.1) is 16.8 Å². The second-order valence-corrected chi connectivity index (χ2v) is 7.39. The van der Waals surface area contributed by atoms with Crippen LogP contribution in [0.4, 0.5) is 0 Å². The van der Waals surface area contributed by atoms with Gasteiger partial charge in [-0.25, -0.2) is 4.98 Å². The number of aliphatic hydroxyl groups is 1. The van der Waals surface area contributed by atoms with Gasteiger partial charge in [-0.3, -0.25) is 4.90 Å². The lowest BCUT2D eigenvalue weighted by atomic mass is 9.87. The quantitative estimate of drug-likeness (QED) is 0.868. The molecule has 2 heterocycles. The molecule has 1 unspecified atom stereocenters. The topological polar surface area (TPSA) is 36.4 Å². The van der Waals surface area contributed by atoms with Crippen LogP contribution in [0, 0.1) is 5.92 Å². The maximum Gasteiger partial charge on any atom is 0.0928 e. The number of nitrogens with zero attached hydrogens (tertiary/aromatic N) is 2. The smallest absolute Gasteiger partial charge is 0.0928 e. The minimum atomic E-state index is -0.325. The molecule has 0 radical (unpaired) electrons. The molecule has 2 aromatic rings. The van der Waals surface area contributed by atoms with Crippen molar-refractivity contribution in [2.45, 2.75) is 45.3 Å². The van der Waals surface area contributed by atoms with E-state index in [2.05, 4.69) is 17.2 Å². The van der Waals surface area contributed by atoms with Gasteiger partial charge in [-0.1, -0.05) is 37.3 Å². The summed E-state index contributed by atoms with van der Waals surface area (Å²) >= 11 is 1.79. The van der Waals surface area contributed by atoms with Crippen molar-refractivity contribution in [1.29, 1.82) is 0 Å².